The zero-order chi connectivity index (χ0) is 11.3. The maximum absolute atomic E-state index is 5.93. The Labute approximate surface area is 125 Å². The van der Waals surface area contributed by atoms with Gasteiger partial charge in [-0.25, -0.2) is 0 Å². The number of ether oxygens (including phenoxy) is 1. The van der Waals surface area contributed by atoms with E-state index in [0.29, 0.717) is 17.6 Å². The molecule has 4 nitrogen and oxygen atoms in total. The maximum Gasteiger partial charge on any atom is 0.191 e. The van der Waals surface area contributed by atoms with Crippen LogP contribution < -0.4 is 10.6 Å². The van der Waals surface area contributed by atoms with Crippen LogP contribution in [0.2, 0.25) is 0 Å². The largest absolute Gasteiger partial charge is 0.377 e. The van der Waals surface area contributed by atoms with E-state index < -0.39 is 0 Å². The molecular weight excluding hydrogens is 341 g/mol. The van der Waals surface area contributed by atoms with Gasteiger partial charge in [-0.15, -0.1) is 24.0 Å². The van der Waals surface area contributed by atoms with Crippen LogP contribution in [-0.2, 0) is 4.74 Å². The highest BCUT2D eigenvalue weighted by molar-refractivity contribution is 14.0. The second kappa shape index (κ2) is 4.81. The molecule has 102 valence electrons. The van der Waals surface area contributed by atoms with Gasteiger partial charge in [-0.3, -0.25) is 4.99 Å². The van der Waals surface area contributed by atoms with Gasteiger partial charge in [0.05, 0.1) is 6.10 Å². The van der Waals surface area contributed by atoms with Crippen LogP contribution in [0.15, 0.2) is 4.99 Å². The van der Waals surface area contributed by atoms with E-state index in [2.05, 4.69) is 15.6 Å². The van der Waals surface area contributed by atoms with Crippen molar-refractivity contribution >= 4 is 29.9 Å². The highest BCUT2D eigenvalue weighted by atomic mass is 127. The van der Waals surface area contributed by atoms with Crippen molar-refractivity contribution in [1.82, 2.24) is 10.6 Å². The second-order valence-electron chi connectivity index (χ2n) is 5.96. The Bertz CT molecular complexity index is 356. The van der Waals surface area contributed by atoms with Crippen LogP contribution in [0.25, 0.3) is 0 Å². The van der Waals surface area contributed by atoms with Gasteiger partial charge in [-0.1, -0.05) is 6.42 Å². The Morgan fingerprint density at radius 2 is 2.22 bits per heavy atom. The molecule has 2 aliphatic carbocycles. The first-order chi connectivity index (χ1) is 8.40. The van der Waals surface area contributed by atoms with Crippen LogP contribution in [0.3, 0.4) is 0 Å². The van der Waals surface area contributed by atoms with Crippen LogP contribution >= 0.6 is 24.0 Å². The Morgan fingerprint density at radius 1 is 1.33 bits per heavy atom. The van der Waals surface area contributed by atoms with E-state index in [1.807, 2.05) is 0 Å². The quantitative estimate of drug-likeness (QED) is 0.695. The van der Waals surface area contributed by atoms with Crippen LogP contribution in [0.5, 0.6) is 0 Å². The number of hydrogen-bond donors (Lipinski definition) is 2. The Kier molecular flexibility index (Phi) is 3.47. The molecule has 4 aliphatic rings. The van der Waals surface area contributed by atoms with E-state index in [1.165, 1.54) is 25.7 Å². The van der Waals surface area contributed by atoms with Crippen molar-refractivity contribution in [2.45, 2.75) is 44.2 Å². The van der Waals surface area contributed by atoms with Crippen molar-refractivity contribution in [3.8, 4) is 0 Å². The summed E-state index contributed by atoms with van der Waals surface area (Å²) in [6.45, 7) is 3.00. The van der Waals surface area contributed by atoms with Gasteiger partial charge in [0.25, 0.3) is 0 Å². The predicted molar refractivity (Wildman–Crippen MR) is 81.4 cm³/mol. The molecule has 0 radical (unpaired) electrons. The van der Waals surface area contributed by atoms with Gasteiger partial charge in [-0.05, 0) is 25.7 Å². The van der Waals surface area contributed by atoms with E-state index in [4.69, 9.17) is 4.74 Å². The van der Waals surface area contributed by atoms with E-state index in [-0.39, 0.29) is 24.0 Å². The van der Waals surface area contributed by atoms with Crippen molar-refractivity contribution in [3.63, 3.8) is 0 Å². The average Bonchev–Trinajstić information content (AvgIpc) is 2.71. The van der Waals surface area contributed by atoms with Crippen molar-refractivity contribution in [1.29, 1.82) is 0 Å². The second-order valence-corrected chi connectivity index (χ2v) is 5.96. The molecule has 4 rings (SSSR count). The number of halogens is 1. The van der Waals surface area contributed by atoms with Crippen LogP contribution in [0, 0.1) is 11.3 Å². The standard InChI is InChI=1S/C13H21N3O.HI/c1-4-13(5-1)10(9-3-8-17-11(9)13)16-12-14-6-2-7-15-12;/h9-11H,1-8H2,(H2,14,15,16);1H. The molecule has 1 saturated heterocycles. The normalized spacial score (nSPS) is 39.6. The molecule has 0 aromatic carbocycles. The lowest BCUT2D eigenvalue weighted by Gasteiger charge is -2.63. The molecule has 0 bridgehead atoms. The zero-order valence-electron chi connectivity index (χ0n) is 10.7. The fraction of sp³-hybridized carbons (Fsp3) is 0.923. The molecule has 2 heterocycles. The summed E-state index contributed by atoms with van der Waals surface area (Å²) in [6.07, 6.45) is 7.02. The molecule has 2 saturated carbocycles. The summed E-state index contributed by atoms with van der Waals surface area (Å²) in [5.74, 6) is 1.78. The van der Waals surface area contributed by atoms with Crippen LogP contribution in [0.4, 0.5) is 0 Å². The summed E-state index contributed by atoms with van der Waals surface area (Å²) in [5.41, 5.74) is 0.461. The van der Waals surface area contributed by atoms with Gasteiger partial charge in [0.15, 0.2) is 5.96 Å². The van der Waals surface area contributed by atoms with Crippen molar-refractivity contribution in [2.24, 2.45) is 16.3 Å². The van der Waals surface area contributed by atoms with E-state index in [1.54, 1.807) is 0 Å². The summed E-state index contributed by atoms with van der Waals surface area (Å²) < 4.78 is 5.93. The number of guanidine groups is 1. The highest BCUT2D eigenvalue weighted by Gasteiger charge is 2.66. The molecule has 3 atom stereocenters. The minimum Gasteiger partial charge on any atom is -0.377 e. The smallest absolute Gasteiger partial charge is 0.191 e. The van der Waals surface area contributed by atoms with Gasteiger partial charge in [-0.2, -0.15) is 0 Å². The highest BCUT2D eigenvalue weighted by Crippen LogP contribution is 2.62. The molecule has 3 fully saturated rings. The number of nitrogens with zero attached hydrogens (tertiary/aromatic N) is 1. The zero-order valence-corrected chi connectivity index (χ0v) is 13.0. The minimum absolute atomic E-state index is 0. The first-order valence-corrected chi connectivity index (χ1v) is 7.07. The Hall–Kier alpha value is -0.0400. The lowest BCUT2D eigenvalue weighted by Crippen LogP contribution is -2.72. The third-order valence-corrected chi connectivity index (χ3v) is 5.23. The first kappa shape index (κ1) is 13.0. The van der Waals surface area contributed by atoms with Crippen molar-refractivity contribution in [3.05, 3.63) is 0 Å². The third-order valence-electron chi connectivity index (χ3n) is 5.23. The SMILES string of the molecule is C1CN=C(NC2C3CCOC3C23CCC3)NC1.I. The fourth-order valence-corrected chi connectivity index (χ4v) is 4.23. The molecule has 2 aliphatic heterocycles. The van der Waals surface area contributed by atoms with Gasteiger partial charge < -0.3 is 15.4 Å². The van der Waals surface area contributed by atoms with Crippen molar-refractivity contribution < 1.29 is 4.74 Å². The molecule has 3 unspecified atom stereocenters. The minimum atomic E-state index is 0. The number of aliphatic imine (C=N–C) groups is 1. The first-order valence-electron chi connectivity index (χ1n) is 7.07. The molecule has 0 aromatic rings. The van der Waals surface area contributed by atoms with Crippen LogP contribution in [0.1, 0.15) is 32.1 Å². The molecular formula is C13H22IN3O. The monoisotopic (exact) mass is 363 g/mol. The number of fused-ring (bicyclic) bond motifs is 2. The molecule has 0 amide bonds. The topological polar surface area (TPSA) is 45.7 Å². The van der Waals surface area contributed by atoms with E-state index in [0.717, 1.165) is 38.0 Å². The van der Waals surface area contributed by atoms with Gasteiger partial charge in [0.2, 0.25) is 0 Å². The van der Waals surface area contributed by atoms with Crippen LogP contribution in [-0.4, -0.2) is 37.8 Å². The average molecular weight is 363 g/mol. The number of hydrogen-bond acceptors (Lipinski definition) is 4. The van der Waals surface area contributed by atoms with Crippen molar-refractivity contribution in [2.75, 3.05) is 19.7 Å². The van der Waals surface area contributed by atoms with E-state index in [9.17, 15) is 0 Å². The molecule has 0 aromatic heterocycles. The van der Waals surface area contributed by atoms with Gasteiger partial charge in [0, 0.05) is 37.1 Å². The Balaban J connectivity index is 0.000001000. The fourth-order valence-electron chi connectivity index (χ4n) is 4.23. The summed E-state index contributed by atoms with van der Waals surface area (Å²) in [5, 5.41) is 7.06. The Morgan fingerprint density at radius 3 is 2.89 bits per heavy atom. The third kappa shape index (κ3) is 1.69. The number of rotatable bonds is 1. The molecule has 2 N–H and O–H groups in total. The summed E-state index contributed by atoms with van der Waals surface area (Å²) in [7, 11) is 0. The van der Waals surface area contributed by atoms with Gasteiger partial charge >= 0.3 is 0 Å². The lowest BCUT2D eigenvalue weighted by atomic mass is 9.46. The number of nitrogens with one attached hydrogen (secondary N) is 2. The maximum atomic E-state index is 5.93. The van der Waals surface area contributed by atoms with E-state index >= 15 is 0 Å². The molecule has 1 spiro atoms. The predicted octanol–water partition coefficient (Wildman–Crippen LogP) is 1.50. The summed E-state index contributed by atoms with van der Waals surface area (Å²) in [4.78, 5) is 4.54. The summed E-state index contributed by atoms with van der Waals surface area (Å²) >= 11 is 0. The summed E-state index contributed by atoms with van der Waals surface area (Å²) in [6, 6.07) is 0.619. The molecule has 18 heavy (non-hydrogen) atoms. The molecule has 5 heteroatoms. The lowest BCUT2D eigenvalue weighted by molar-refractivity contribution is -0.171. The van der Waals surface area contributed by atoms with Gasteiger partial charge in [0.1, 0.15) is 0 Å².